The molecule has 1 atom stereocenters. The SMILES string of the molecule is CCC(=O)N/C(C(=O)N1CCC(C)CC1)=C(\C)c1ccc(NC(=O)[C@@H](NC(=O)c2ccnn2CC)C2CCC(C)CC2)c(F)c1. The zero-order chi connectivity index (χ0) is 32.7. The van der Waals surface area contributed by atoms with E-state index in [-0.39, 0.29) is 35.5 Å². The molecule has 4 amide bonds. The summed E-state index contributed by atoms with van der Waals surface area (Å²) in [5, 5.41) is 12.5. The molecule has 4 rings (SSSR count). The molecule has 1 aliphatic carbocycles. The lowest BCUT2D eigenvalue weighted by Gasteiger charge is -2.32. The lowest BCUT2D eigenvalue weighted by atomic mass is 9.79. The van der Waals surface area contributed by atoms with E-state index in [0.29, 0.717) is 48.3 Å². The first-order valence-corrected chi connectivity index (χ1v) is 16.3. The van der Waals surface area contributed by atoms with Crippen LogP contribution in [0, 0.1) is 23.6 Å². The average molecular weight is 623 g/mol. The van der Waals surface area contributed by atoms with E-state index in [1.165, 1.54) is 12.1 Å². The molecule has 2 fully saturated rings. The molecular formula is C34H47FN6O4. The Kier molecular flexibility index (Phi) is 11.5. The fourth-order valence-electron chi connectivity index (χ4n) is 6.12. The predicted octanol–water partition coefficient (Wildman–Crippen LogP) is 5.12. The fraction of sp³-hybridized carbons (Fsp3) is 0.559. The van der Waals surface area contributed by atoms with Gasteiger partial charge in [-0.2, -0.15) is 5.10 Å². The first-order valence-electron chi connectivity index (χ1n) is 16.3. The maximum atomic E-state index is 15.6. The Labute approximate surface area is 265 Å². The van der Waals surface area contributed by atoms with Crippen LogP contribution in [-0.2, 0) is 20.9 Å². The molecule has 2 aliphatic rings. The standard InChI is InChI=1S/C34H47FN6O4/c1-6-29(42)38-30(34(45)40-18-15-22(4)16-19-40)23(5)25-12-13-27(26(35)20-25)37-33(44)31(24-10-8-21(3)9-11-24)39-32(43)28-14-17-36-41(28)7-2/h12-14,17,20-22,24,31H,6-11,15-16,18-19H2,1-5H3,(H,37,44)(H,38,42)(H,39,43)/b30-23+/t21?,24?,31-/m0/s1. The Morgan fingerprint density at radius 2 is 1.64 bits per heavy atom. The van der Waals surface area contributed by atoms with Gasteiger partial charge in [-0.25, -0.2) is 4.39 Å². The summed E-state index contributed by atoms with van der Waals surface area (Å²) in [5.41, 5.74) is 1.31. The van der Waals surface area contributed by atoms with E-state index in [2.05, 4.69) is 34.9 Å². The van der Waals surface area contributed by atoms with E-state index in [0.717, 1.165) is 38.5 Å². The van der Waals surface area contributed by atoms with Crippen molar-refractivity contribution in [3.63, 3.8) is 0 Å². The summed E-state index contributed by atoms with van der Waals surface area (Å²) < 4.78 is 17.1. The highest BCUT2D eigenvalue weighted by Crippen LogP contribution is 2.32. The van der Waals surface area contributed by atoms with Crippen molar-refractivity contribution in [2.75, 3.05) is 18.4 Å². The third-order valence-corrected chi connectivity index (χ3v) is 9.25. The summed E-state index contributed by atoms with van der Waals surface area (Å²) in [5.74, 6) is -1.20. The molecule has 1 aromatic carbocycles. The number of rotatable bonds is 10. The van der Waals surface area contributed by atoms with E-state index in [1.54, 1.807) is 41.8 Å². The number of likely N-dealkylation sites (tertiary alicyclic amines) is 1. The molecule has 3 N–H and O–H groups in total. The highest BCUT2D eigenvalue weighted by Gasteiger charge is 2.34. The van der Waals surface area contributed by atoms with Crippen LogP contribution in [0.1, 0.15) is 95.6 Å². The lowest BCUT2D eigenvalue weighted by Crippen LogP contribution is -2.49. The van der Waals surface area contributed by atoms with Crippen LogP contribution in [0.2, 0.25) is 0 Å². The van der Waals surface area contributed by atoms with Gasteiger partial charge in [-0.1, -0.05) is 39.7 Å². The number of hydrogen-bond donors (Lipinski definition) is 3. The van der Waals surface area contributed by atoms with Gasteiger partial charge >= 0.3 is 0 Å². The molecule has 0 unspecified atom stereocenters. The van der Waals surface area contributed by atoms with Gasteiger partial charge in [-0.3, -0.25) is 23.9 Å². The Hall–Kier alpha value is -4.02. The van der Waals surface area contributed by atoms with Gasteiger partial charge in [-0.15, -0.1) is 0 Å². The molecule has 2 aromatic rings. The van der Waals surface area contributed by atoms with Gasteiger partial charge in [0.25, 0.3) is 11.8 Å². The van der Waals surface area contributed by atoms with Crippen LogP contribution in [0.3, 0.4) is 0 Å². The summed E-state index contributed by atoms with van der Waals surface area (Å²) in [7, 11) is 0. The minimum atomic E-state index is -0.855. The van der Waals surface area contributed by atoms with E-state index >= 15 is 4.39 Å². The average Bonchev–Trinajstić information content (AvgIpc) is 3.53. The number of halogens is 1. The predicted molar refractivity (Wildman–Crippen MR) is 171 cm³/mol. The molecule has 0 bridgehead atoms. The van der Waals surface area contributed by atoms with Crippen LogP contribution in [-0.4, -0.2) is 57.4 Å². The number of carbonyl (C=O) groups is 4. The number of anilines is 1. The number of piperidine rings is 1. The Morgan fingerprint density at radius 1 is 0.978 bits per heavy atom. The van der Waals surface area contributed by atoms with Gasteiger partial charge in [0, 0.05) is 32.3 Å². The van der Waals surface area contributed by atoms with Gasteiger partial charge in [0.2, 0.25) is 11.8 Å². The van der Waals surface area contributed by atoms with Crippen molar-refractivity contribution >= 4 is 34.9 Å². The molecule has 0 radical (unpaired) electrons. The quantitative estimate of drug-likeness (QED) is 0.317. The van der Waals surface area contributed by atoms with Crippen LogP contribution in [0.4, 0.5) is 10.1 Å². The van der Waals surface area contributed by atoms with Crippen molar-refractivity contribution in [3.8, 4) is 0 Å². The summed E-state index contributed by atoms with van der Waals surface area (Å²) in [6.45, 7) is 11.3. The molecule has 45 heavy (non-hydrogen) atoms. The third kappa shape index (κ3) is 8.38. The first kappa shape index (κ1) is 33.9. The minimum Gasteiger partial charge on any atom is -0.339 e. The maximum Gasteiger partial charge on any atom is 0.270 e. The fourth-order valence-corrected chi connectivity index (χ4v) is 6.12. The van der Waals surface area contributed by atoms with E-state index < -0.39 is 23.7 Å². The number of carbonyl (C=O) groups excluding carboxylic acids is 4. The second kappa shape index (κ2) is 15.3. The molecule has 11 heteroatoms. The van der Waals surface area contributed by atoms with Gasteiger partial charge < -0.3 is 20.9 Å². The first-order chi connectivity index (χ1) is 21.5. The highest BCUT2D eigenvalue weighted by molar-refractivity contribution is 6.04. The van der Waals surface area contributed by atoms with Gasteiger partial charge in [0.15, 0.2) is 0 Å². The molecule has 244 valence electrons. The molecule has 10 nitrogen and oxygen atoms in total. The molecular weight excluding hydrogens is 575 g/mol. The van der Waals surface area contributed by atoms with Gasteiger partial charge in [0.1, 0.15) is 23.3 Å². The Balaban J connectivity index is 1.57. The summed E-state index contributed by atoms with van der Waals surface area (Å²) in [6, 6.07) is 5.08. The molecule has 1 aliphatic heterocycles. The van der Waals surface area contributed by atoms with Crippen LogP contribution in [0.25, 0.3) is 5.57 Å². The van der Waals surface area contributed by atoms with Gasteiger partial charge in [-0.05, 0) is 86.6 Å². The number of benzene rings is 1. The lowest BCUT2D eigenvalue weighted by molar-refractivity contribution is -0.130. The normalized spacial score (nSPS) is 20.2. The zero-order valence-electron chi connectivity index (χ0n) is 27.1. The number of nitrogens with zero attached hydrogens (tertiary/aromatic N) is 3. The Bertz CT molecular complexity index is 1420. The van der Waals surface area contributed by atoms with Crippen molar-refractivity contribution in [2.45, 2.75) is 92.2 Å². The second-order valence-corrected chi connectivity index (χ2v) is 12.6. The molecule has 1 saturated heterocycles. The van der Waals surface area contributed by atoms with E-state index in [9.17, 15) is 19.2 Å². The highest BCUT2D eigenvalue weighted by atomic mass is 19.1. The third-order valence-electron chi connectivity index (χ3n) is 9.25. The molecule has 1 saturated carbocycles. The van der Waals surface area contributed by atoms with E-state index in [1.807, 2.05) is 6.92 Å². The second-order valence-electron chi connectivity index (χ2n) is 12.6. The van der Waals surface area contributed by atoms with Crippen molar-refractivity contribution in [2.24, 2.45) is 17.8 Å². The molecule has 2 heterocycles. The number of nitrogens with one attached hydrogen (secondary N) is 3. The number of aryl methyl sites for hydroxylation is 1. The zero-order valence-corrected chi connectivity index (χ0v) is 27.1. The largest absolute Gasteiger partial charge is 0.339 e. The summed E-state index contributed by atoms with van der Waals surface area (Å²) >= 11 is 0. The van der Waals surface area contributed by atoms with Crippen LogP contribution >= 0.6 is 0 Å². The van der Waals surface area contributed by atoms with Crippen LogP contribution in [0.5, 0.6) is 0 Å². The van der Waals surface area contributed by atoms with Crippen molar-refractivity contribution in [1.29, 1.82) is 0 Å². The van der Waals surface area contributed by atoms with E-state index in [4.69, 9.17) is 0 Å². The Morgan fingerprint density at radius 3 is 2.27 bits per heavy atom. The van der Waals surface area contributed by atoms with Gasteiger partial charge in [0.05, 0.1) is 5.69 Å². The number of amides is 4. The minimum absolute atomic E-state index is 0.0333. The van der Waals surface area contributed by atoms with Crippen molar-refractivity contribution < 1.29 is 23.6 Å². The summed E-state index contributed by atoms with van der Waals surface area (Å²) in [4.78, 5) is 54.4. The smallest absolute Gasteiger partial charge is 0.270 e. The monoisotopic (exact) mass is 622 g/mol. The van der Waals surface area contributed by atoms with Crippen LogP contribution in [0.15, 0.2) is 36.2 Å². The maximum absolute atomic E-state index is 15.6. The number of aromatic nitrogens is 2. The van der Waals surface area contributed by atoms with Crippen molar-refractivity contribution in [1.82, 2.24) is 25.3 Å². The summed E-state index contributed by atoms with van der Waals surface area (Å²) in [6.07, 6.45) is 6.93. The number of allylic oxidation sites excluding steroid dienone is 1. The van der Waals surface area contributed by atoms with Crippen LogP contribution < -0.4 is 16.0 Å². The topological polar surface area (TPSA) is 125 Å². The molecule has 1 aromatic heterocycles. The number of hydrogen-bond acceptors (Lipinski definition) is 5. The molecule has 0 spiro atoms. The van der Waals surface area contributed by atoms with Crippen molar-refractivity contribution in [3.05, 3.63) is 53.2 Å².